The highest BCUT2D eigenvalue weighted by Gasteiger charge is 2.30. The second-order valence-electron chi connectivity index (χ2n) is 6.55. The van der Waals surface area contributed by atoms with Gasteiger partial charge in [0.1, 0.15) is 11.4 Å². The molecule has 3 aromatic rings. The Labute approximate surface area is 178 Å². The van der Waals surface area contributed by atoms with Crippen LogP contribution in [0.1, 0.15) is 13.8 Å². The maximum absolute atomic E-state index is 12.2. The summed E-state index contributed by atoms with van der Waals surface area (Å²) >= 11 is 0. The summed E-state index contributed by atoms with van der Waals surface area (Å²) in [5.74, 6) is 0.166. The molecule has 9 heteroatoms. The average molecular weight is 426 g/mol. The van der Waals surface area contributed by atoms with Gasteiger partial charge in [-0.3, -0.25) is 9.59 Å². The second kappa shape index (κ2) is 8.78. The van der Waals surface area contributed by atoms with Gasteiger partial charge in [0.05, 0.1) is 26.9 Å². The zero-order valence-electron chi connectivity index (χ0n) is 17.8. The lowest BCUT2D eigenvalue weighted by Gasteiger charge is -2.16. The summed E-state index contributed by atoms with van der Waals surface area (Å²) in [5, 5.41) is 13.8. The number of imide groups is 1. The van der Waals surface area contributed by atoms with E-state index < -0.39 is 11.8 Å². The van der Waals surface area contributed by atoms with Gasteiger partial charge >= 0.3 is 0 Å². The predicted octanol–water partition coefficient (Wildman–Crippen LogP) is 3.64. The first kappa shape index (κ1) is 21.7. The molecule has 0 saturated carbocycles. The smallest absolute Gasteiger partial charge is 0.249 e. The van der Waals surface area contributed by atoms with Gasteiger partial charge in [0.25, 0.3) is 0 Å². The molecule has 0 bridgehead atoms. The number of phenolic OH excluding ortho intramolecular Hbond substituents is 1. The highest BCUT2D eigenvalue weighted by Crippen LogP contribution is 2.45. The van der Waals surface area contributed by atoms with Crippen LogP contribution in [0.25, 0.3) is 22.4 Å². The highest BCUT2D eigenvalue weighted by atomic mass is 16.5. The largest absolute Gasteiger partial charge is 0.508 e. The first-order valence-corrected chi connectivity index (χ1v) is 9.23. The molecule has 0 fully saturated rings. The van der Waals surface area contributed by atoms with Crippen LogP contribution in [-0.2, 0) is 9.59 Å². The first-order valence-electron chi connectivity index (χ1n) is 9.23. The second-order valence-corrected chi connectivity index (χ2v) is 6.55. The topological polar surface area (TPSA) is 111 Å². The standard InChI is InChI=1S/C22H22N2O7/c1-12(25)24(13(2)26)22-19(14-6-8-16(27)9-7-14)20(23-31-22)15-10-17(28-3)21(30-5)18(11-15)29-4/h6-11,27H,1-5H3. The van der Waals surface area contributed by atoms with Crippen LogP contribution in [0.5, 0.6) is 23.0 Å². The van der Waals surface area contributed by atoms with Crippen LogP contribution in [-0.4, -0.2) is 43.4 Å². The molecule has 0 radical (unpaired) electrons. The van der Waals surface area contributed by atoms with E-state index in [-0.39, 0.29) is 11.6 Å². The van der Waals surface area contributed by atoms with E-state index in [0.29, 0.717) is 39.6 Å². The summed E-state index contributed by atoms with van der Waals surface area (Å²) in [6, 6.07) is 9.59. The number of aromatic nitrogens is 1. The SMILES string of the molecule is COc1cc(-c2noc(N(C(C)=O)C(C)=O)c2-c2ccc(O)cc2)cc(OC)c1OC. The molecule has 31 heavy (non-hydrogen) atoms. The molecule has 0 unspecified atom stereocenters. The predicted molar refractivity (Wildman–Crippen MR) is 113 cm³/mol. The van der Waals surface area contributed by atoms with Crippen LogP contribution in [0.3, 0.4) is 0 Å². The fourth-order valence-corrected chi connectivity index (χ4v) is 3.24. The molecule has 0 aliphatic rings. The highest BCUT2D eigenvalue weighted by molar-refractivity contribution is 6.15. The lowest BCUT2D eigenvalue weighted by molar-refractivity contribution is -0.124. The number of anilines is 1. The summed E-state index contributed by atoms with van der Waals surface area (Å²) in [7, 11) is 4.47. The van der Waals surface area contributed by atoms with Crippen molar-refractivity contribution in [2.75, 3.05) is 26.2 Å². The van der Waals surface area contributed by atoms with Crippen molar-refractivity contribution in [2.24, 2.45) is 0 Å². The van der Waals surface area contributed by atoms with Gasteiger partial charge in [0, 0.05) is 19.4 Å². The summed E-state index contributed by atoms with van der Waals surface area (Å²) in [5.41, 5.74) is 1.84. The number of methoxy groups -OCH3 is 3. The van der Waals surface area contributed by atoms with E-state index in [1.54, 1.807) is 24.3 Å². The molecule has 0 aliphatic carbocycles. The monoisotopic (exact) mass is 426 g/mol. The van der Waals surface area contributed by atoms with E-state index >= 15 is 0 Å². The van der Waals surface area contributed by atoms with Gasteiger partial charge in [-0.15, -0.1) is 0 Å². The fourth-order valence-electron chi connectivity index (χ4n) is 3.24. The molecule has 1 aromatic heterocycles. The quantitative estimate of drug-likeness (QED) is 0.636. The van der Waals surface area contributed by atoms with Crippen molar-refractivity contribution in [3.05, 3.63) is 36.4 Å². The molecule has 1 heterocycles. The van der Waals surface area contributed by atoms with E-state index in [1.165, 1.54) is 47.3 Å². The van der Waals surface area contributed by atoms with E-state index in [4.69, 9.17) is 18.7 Å². The normalized spacial score (nSPS) is 10.5. The van der Waals surface area contributed by atoms with Crippen molar-refractivity contribution < 1.29 is 33.4 Å². The molecule has 2 amide bonds. The van der Waals surface area contributed by atoms with Gasteiger partial charge < -0.3 is 23.8 Å². The van der Waals surface area contributed by atoms with Crippen molar-refractivity contribution in [1.82, 2.24) is 5.16 Å². The Morgan fingerprint density at radius 2 is 1.45 bits per heavy atom. The van der Waals surface area contributed by atoms with Crippen LogP contribution in [0.15, 0.2) is 40.9 Å². The summed E-state index contributed by atoms with van der Waals surface area (Å²) in [4.78, 5) is 25.2. The number of nitrogens with zero attached hydrogens (tertiary/aromatic N) is 2. The van der Waals surface area contributed by atoms with Crippen molar-refractivity contribution >= 4 is 17.7 Å². The number of ether oxygens (including phenoxy) is 3. The van der Waals surface area contributed by atoms with Crippen LogP contribution >= 0.6 is 0 Å². The number of phenols is 1. The van der Waals surface area contributed by atoms with Gasteiger partial charge in [-0.1, -0.05) is 17.3 Å². The third-order valence-electron chi connectivity index (χ3n) is 4.60. The fraction of sp³-hybridized carbons (Fsp3) is 0.227. The molecule has 1 N–H and O–H groups in total. The Balaban J connectivity index is 2.33. The number of hydrogen-bond acceptors (Lipinski definition) is 8. The van der Waals surface area contributed by atoms with Gasteiger partial charge in [-0.25, -0.2) is 4.90 Å². The maximum atomic E-state index is 12.2. The van der Waals surface area contributed by atoms with Crippen LogP contribution < -0.4 is 19.1 Å². The minimum absolute atomic E-state index is 0.0329. The van der Waals surface area contributed by atoms with Gasteiger partial charge in [0.15, 0.2) is 11.5 Å². The first-order chi connectivity index (χ1) is 14.8. The van der Waals surface area contributed by atoms with E-state index in [9.17, 15) is 14.7 Å². The van der Waals surface area contributed by atoms with Crippen molar-refractivity contribution in [3.63, 3.8) is 0 Å². The van der Waals surface area contributed by atoms with Gasteiger partial charge in [0.2, 0.25) is 23.4 Å². The lowest BCUT2D eigenvalue weighted by Crippen LogP contribution is -2.33. The summed E-state index contributed by atoms with van der Waals surface area (Å²) < 4.78 is 21.7. The maximum Gasteiger partial charge on any atom is 0.249 e. The molecule has 0 atom stereocenters. The molecule has 0 spiro atoms. The van der Waals surface area contributed by atoms with Crippen LogP contribution in [0.4, 0.5) is 5.88 Å². The molecule has 3 rings (SSSR count). The Hall–Kier alpha value is -4.01. The van der Waals surface area contributed by atoms with Gasteiger partial charge in [-0.2, -0.15) is 0 Å². The number of carbonyl (C=O) groups is 2. The minimum Gasteiger partial charge on any atom is -0.508 e. The number of rotatable bonds is 6. The number of hydrogen-bond donors (Lipinski definition) is 1. The minimum atomic E-state index is -0.528. The van der Waals surface area contributed by atoms with E-state index in [2.05, 4.69) is 5.16 Å². The van der Waals surface area contributed by atoms with Crippen LogP contribution in [0.2, 0.25) is 0 Å². The third-order valence-corrected chi connectivity index (χ3v) is 4.60. The van der Waals surface area contributed by atoms with Crippen molar-refractivity contribution in [1.29, 1.82) is 0 Å². The Bertz CT molecular complexity index is 1080. The Morgan fingerprint density at radius 1 is 0.903 bits per heavy atom. The number of aromatic hydroxyl groups is 1. The Morgan fingerprint density at radius 3 is 1.90 bits per heavy atom. The van der Waals surface area contributed by atoms with Gasteiger partial charge in [-0.05, 0) is 29.8 Å². The zero-order valence-corrected chi connectivity index (χ0v) is 17.8. The van der Waals surface area contributed by atoms with E-state index in [1.807, 2.05) is 0 Å². The summed E-state index contributed by atoms with van der Waals surface area (Å²) in [6.07, 6.45) is 0. The van der Waals surface area contributed by atoms with E-state index in [0.717, 1.165) is 4.90 Å². The average Bonchev–Trinajstić information content (AvgIpc) is 3.16. The molecule has 2 aromatic carbocycles. The molecule has 0 saturated heterocycles. The molecular weight excluding hydrogens is 404 g/mol. The zero-order chi connectivity index (χ0) is 22.7. The van der Waals surface area contributed by atoms with Crippen molar-refractivity contribution in [2.45, 2.75) is 13.8 Å². The molecule has 0 aliphatic heterocycles. The lowest BCUT2D eigenvalue weighted by atomic mass is 9.99. The third kappa shape index (κ3) is 4.02. The van der Waals surface area contributed by atoms with Crippen molar-refractivity contribution in [3.8, 4) is 45.4 Å². The summed E-state index contributed by atoms with van der Waals surface area (Å²) in [6.45, 7) is 2.51. The Kier molecular flexibility index (Phi) is 6.15. The number of amides is 2. The molecule has 162 valence electrons. The molecule has 9 nitrogen and oxygen atoms in total. The number of benzene rings is 2. The molecular formula is C22H22N2O7. The number of carbonyl (C=O) groups excluding carboxylic acids is 2. The van der Waals surface area contributed by atoms with Crippen LogP contribution in [0, 0.1) is 0 Å².